The Morgan fingerprint density at radius 3 is 2.77 bits per heavy atom. The Morgan fingerprint density at radius 2 is 1.94 bits per heavy atom. The number of hydrogen-bond acceptors (Lipinski definition) is 4. The molecule has 170 valence electrons. The van der Waals surface area contributed by atoms with Gasteiger partial charge >= 0.3 is 6.09 Å². The molecule has 3 fully saturated rings. The van der Waals surface area contributed by atoms with Crippen LogP contribution in [0.25, 0.3) is 0 Å². The zero-order valence-corrected chi connectivity index (χ0v) is 19.2. The lowest BCUT2D eigenvalue weighted by Crippen LogP contribution is -2.46. The Kier molecular flexibility index (Phi) is 5.78. The van der Waals surface area contributed by atoms with Gasteiger partial charge in [-0.25, -0.2) is 4.79 Å². The van der Waals surface area contributed by atoms with E-state index in [1.165, 1.54) is 31.2 Å². The molecule has 0 unspecified atom stereocenters. The highest BCUT2D eigenvalue weighted by molar-refractivity contribution is 5.69. The maximum Gasteiger partial charge on any atom is 0.410 e. The van der Waals surface area contributed by atoms with E-state index in [2.05, 4.69) is 37.8 Å². The zero-order valence-electron chi connectivity index (χ0n) is 19.2. The third-order valence-corrected chi connectivity index (χ3v) is 8.36. The third-order valence-electron chi connectivity index (χ3n) is 8.36. The summed E-state index contributed by atoms with van der Waals surface area (Å²) in [5.74, 6) is 4.24. The van der Waals surface area contributed by atoms with Crippen molar-refractivity contribution in [3.63, 3.8) is 0 Å². The largest absolute Gasteiger partial charge is 0.454 e. The normalized spacial score (nSPS) is 34.6. The van der Waals surface area contributed by atoms with Gasteiger partial charge in [0.15, 0.2) is 11.5 Å². The second kappa shape index (κ2) is 8.55. The van der Waals surface area contributed by atoms with Gasteiger partial charge in [-0.05, 0) is 73.5 Å². The second-order valence-electron chi connectivity index (χ2n) is 10.6. The molecule has 1 aromatic carbocycles. The molecule has 4 aliphatic rings. The molecule has 1 aromatic rings. The number of ether oxygens (including phenoxy) is 3. The van der Waals surface area contributed by atoms with E-state index in [0.717, 1.165) is 37.3 Å². The first kappa shape index (κ1) is 21.0. The van der Waals surface area contributed by atoms with Crippen molar-refractivity contribution >= 4 is 6.09 Å². The summed E-state index contributed by atoms with van der Waals surface area (Å²) < 4.78 is 17.4. The predicted molar refractivity (Wildman–Crippen MR) is 119 cm³/mol. The van der Waals surface area contributed by atoms with Crippen LogP contribution in [0.1, 0.15) is 77.2 Å². The molecule has 5 heteroatoms. The van der Waals surface area contributed by atoms with Crippen LogP contribution >= 0.6 is 0 Å². The van der Waals surface area contributed by atoms with Crippen LogP contribution < -0.4 is 9.47 Å². The van der Waals surface area contributed by atoms with Gasteiger partial charge in [0.25, 0.3) is 0 Å². The monoisotopic (exact) mass is 427 g/mol. The number of benzene rings is 1. The Morgan fingerprint density at radius 1 is 1.10 bits per heavy atom. The van der Waals surface area contributed by atoms with E-state index < -0.39 is 0 Å². The number of likely N-dealkylation sites (tertiary alicyclic amines) is 1. The SMILES string of the molecule is CC(C)[C@@H]1CC[C@@H](C)C[C@H]1OC(=O)N1CC[C@@H]2CCC[C@H](c3ccc4c(c3)OCO4)[C@@H]21. The fraction of sp³-hybridized carbons (Fsp3) is 0.731. The Bertz CT molecular complexity index is 809. The molecule has 6 atom stereocenters. The lowest BCUT2D eigenvalue weighted by molar-refractivity contribution is -0.0154. The van der Waals surface area contributed by atoms with Gasteiger partial charge in [0.1, 0.15) is 6.10 Å². The molecule has 0 aromatic heterocycles. The molecule has 5 nitrogen and oxygen atoms in total. The van der Waals surface area contributed by atoms with Crippen molar-refractivity contribution in [1.82, 2.24) is 4.90 Å². The van der Waals surface area contributed by atoms with E-state index in [4.69, 9.17) is 14.2 Å². The quantitative estimate of drug-likeness (QED) is 0.596. The number of amides is 1. The van der Waals surface area contributed by atoms with Crippen molar-refractivity contribution in [3.05, 3.63) is 23.8 Å². The first-order valence-electron chi connectivity index (χ1n) is 12.4. The van der Waals surface area contributed by atoms with E-state index in [0.29, 0.717) is 36.4 Å². The minimum absolute atomic E-state index is 0.0582. The van der Waals surface area contributed by atoms with Gasteiger partial charge in [-0.3, -0.25) is 0 Å². The highest BCUT2D eigenvalue weighted by Gasteiger charge is 2.46. The van der Waals surface area contributed by atoms with Crippen LogP contribution in [0.2, 0.25) is 0 Å². The summed E-state index contributed by atoms with van der Waals surface area (Å²) in [6.07, 6.45) is 8.04. The molecule has 2 saturated carbocycles. The fourth-order valence-corrected chi connectivity index (χ4v) is 6.68. The maximum atomic E-state index is 13.5. The van der Waals surface area contributed by atoms with Gasteiger partial charge in [0.2, 0.25) is 6.79 Å². The minimum atomic E-state index is -0.0788. The highest BCUT2D eigenvalue weighted by Crippen LogP contribution is 2.47. The fourth-order valence-electron chi connectivity index (χ4n) is 6.68. The van der Waals surface area contributed by atoms with E-state index in [-0.39, 0.29) is 18.2 Å². The van der Waals surface area contributed by atoms with Crippen LogP contribution in [0.15, 0.2) is 18.2 Å². The summed E-state index contributed by atoms with van der Waals surface area (Å²) in [4.78, 5) is 15.5. The number of fused-ring (bicyclic) bond motifs is 2. The molecule has 0 bridgehead atoms. The van der Waals surface area contributed by atoms with Crippen molar-refractivity contribution in [2.45, 2.75) is 83.8 Å². The summed E-state index contributed by atoms with van der Waals surface area (Å²) >= 11 is 0. The van der Waals surface area contributed by atoms with Crippen LogP contribution in [0.5, 0.6) is 11.5 Å². The molecule has 31 heavy (non-hydrogen) atoms. The lowest BCUT2D eigenvalue weighted by Gasteiger charge is -2.41. The molecule has 0 N–H and O–H groups in total. The van der Waals surface area contributed by atoms with E-state index >= 15 is 0 Å². The molecule has 0 radical (unpaired) electrons. The standard InChI is InChI=1S/C26H37NO4/c1-16(2)20-9-7-17(3)13-23(20)31-26(28)27-12-11-18-5-4-6-21(25(18)27)19-8-10-22-24(14-19)30-15-29-22/h8,10,14,16-18,20-21,23,25H,4-7,9,11-13,15H2,1-3H3/t17-,18+,20+,21-,23-,25-/m1/s1. The highest BCUT2D eigenvalue weighted by atomic mass is 16.7. The van der Waals surface area contributed by atoms with Crippen LogP contribution in [0, 0.1) is 23.7 Å². The van der Waals surface area contributed by atoms with Crippen molar-refractivity contribution in [2.24, 2.45) is 23.7 Å². The second-order valence-corrected chi connectivity index (χ2v) is 10.6. The minimum Gasteiger partial charge on any atom is -0.454 e. The average Bonchev–Trinajstić information content (AvgIpc) is 3.39. The van der Waals surface area contributed by atoms with Crippen LogP contribution in [-0.4, -0.2) is 36.5 Å². The molecule has 2 aliphatic carbocycles. The summed E-state index contributed by atoms with van der Waals surface area (Å²) in [6.45, 7) is 7.95. The molecule has 2 aliphatic heterocycles. The van der Waals surface area contributed by atoms with Gasteiger partial charge in [0, 0.05) is 18.5 Å². The Hall–Kier alpha value is -1.91. The number of carbonyl (C=O) groups is 1. The average molecular weight is 428 g/mol. The molecule has 1 saturated heterocycles. The number of carbonyl (C=O) groups excluding carboxylic acids is 1. The first-order chi connectivity index (χ1) is 15.0. The van der Waals surface area contributed by atoms with Gasteiger partial charge in [-0.2, -0.15) is 0 Å². The Balaban J connectivity index is 1.34. The van der Waals surface area contributed by atoms with E-state index in [1.54, 1.807) is 0 Å². The number of nitrogens with zero attached hydrogens (tertiary/aromatic N) is 1. The Labute approximate surface area is 186 Å². The van der Waals surface area contributed by atoms with Crippen molar-refractivity contribution < 1.29 is 19.0 Å². The molecular formula is C26H37NO4. The van der Waals surface area contributed by atoms with Crippen molar-refractivity contribution in [3.8, 4) is 11.5 Å². The zero-order chi connectivity index (χ0) is 21.5. The lowest BCUT2D eigenvalue weighted by atomic mass is 9.74. The molecular weight excluding hydrogens is 390 g/mol. The van der Waals surface area contributed by atoms with Crippen LogP contribution in [0.3, 0.4) is 0 Å². The van der Waals surface area contributed by atoms with E-state index in [1.807, 2.05) is 6.07 Å². The molecule has 0 spiro atoms. The van der Waals surface area contributed by atoms with Crippen molar-refractivity contribution in [2.75, 3.05) is 13.3 Å². The summed E-state index contributed by atoms with van der Waals surface area (Å²) in [7, 11) is 0. The van der Waals surface area contributed by atoms with Gasteiger partial charge in [-0.1, -0.05) is 39.7 Å². The third kappa shape index (κ3) is 4.01. The van der Waals surface area contributed by atoms with Gasteiger partial charge in [0.05, 0.1) is 0 Å². The molecule has 2 heterocycles. The van der Waals surface area contributed by atoms with Crippen LogP contribution in [-0.2, 0) is 4.74 Å². The van der Waals surface area contributed by atoms with E-state index in [9.17, 15) is 4.79 Å². The summed E-state index contributed by atoms with van der Waals surface area (Å²) in [5, 5.41) is 0. The smallest absolute Gasteiger partial charge is 0.410 e. The number of rotatable bonds is 3. The maximum absolute atomic E-state index is 13.5. The summed E-state index contributed by atoms with van der Waals surface area (Å²) in [5.41, 5.74) is 1.27. The van der Waals surface area contributed by atoms with Gasteiger partial charge < -0.3 is 19.1 Å². The predicted octanol–water partition coefficient (Wildman–Crippen LogP) is 5.97. The van der Waals surface area contributed by atoms with Gasteiger partial charge in [-0.15, -0.1) is 0 Å². The van der Waals surface area contributed by atoms with Crippen LogP contribution in [0.4, 0.5) is 4.79 Å². The number of hydrogen-bond donors (Lipinski definition) is 0. The summed E-state index contributed by atoms with van der Waals surface area (Å²) in [6, 6.07) is 6.56. The molecule has 1 amide bonds. The molecule has 5 rings (SSSR count). The van der Waals surface area contributed by atoms with Crippen molar-refractivity contribution in [1.29, 1.82) is 0 Å². The topological polar surface area (TPSA) is 48.0 Å². The first-order valence-corrected chi connectivity index (χ1v) is 12.4.